The molecule has 0 spiro atoms. The first kappa shape index (κ1) is 10.7. The highest BCUT2D eigenvalue weighted by Crippen LogP contribution is 2.06. The van der Waals surface area contributed by atoms with Gasteiger partial charge in [-0.3, -0.25) is 0 Å². The van der Waals surface area contributed by atoms with Crippen molar-refractivity contribution < 1.29 is 0 Å². The molecule has 2 heteroatoms. The van der Waals surface area contributed by atoms with Crippen molar-refractivity contribution in [1.29, 1.82) is 0 Å². The largest absolute Gasteiger partial charge is 0.314 e. The standard InChI is InChI=1S/C11H19NS/c1-3-4-10(2)12-7-5-11-6-8-13-9-11/h6,8-10,12H,3-5,7H2,1-2H3. The first-order valence-corrected chi connectivity index (χ1v) is 6.01. The normalized spacial score (nSPS) is 13.1. The van der Waals surface area contributed by atoms with Crippen LogP contribution in [0.4, 0.5) is 0 Å². The zero-order valence-electron chi connectivity index (χ0n) is 8.55. The van der Waals surface area contributed by atoms with Crippen LogP contribution < -0.4 is 5.32 Å². The van der Waals surface area contributed by atoms with Crippen LogP contribution in [-0.4, -0.2) is 12.6 Å². The monoisotopic (exact) mass is 197 g/mol. The van der Waals surface area contributed by atoms with Gasteiger partial charge in [0.1, 0.15) is 0 Å². The van der Waals surface area contributed by atoms with E-state index in [1.807, 2.05) is 0 Å². The molecule has 0 aromatic carbocycles. The van der Waals surface area contributed by atoms with E-state index in [0.29, 0.717) is 6.04 Å². The fourth-order valence-electron chi connectivity index (χ4n) is 1.43. The molecule has 1 heterocycles. The molecule has 0 fully saturated rings. The minimum atomic E-state index is 0.670. The Hall–Kier alpha value is -0.340. The second-order valence-corrected chi connectivity index (χ2v) is 4.31. The molecule has 1 nitrogen and oxygen atoms in total. The van der Waals surface area contributed by atoms with Crippen LogP contribution in [0.3, 0.4) is 0 Å². The summed E-state index contributed by atoms with van der Waals surface area (Å²) in [7, 11) is 0. The number of nitrogens with one attached hydrogen (secondary N) is 1. The van der Waals surface area contributed by atoms with Crippen LogP contribution in [0.25, 0.3) is 0 Å². The minimum absolute atomic E-state index is 0.670. The van der Waals surface area contributed by atoms with E-state index in [9.17, 15) is 0 Å². The summed E-state index contributed by atoms with van der Waals surface area (Å²) in [6.07, 6.45) is 3.72. The van der Waals surface area contributed by atoms with Gasteiger partial charge in [-0.15, -0.1) is 0 Å². The van der Waals surface area contributed by atoms with Gasteiger partial charge in [0.15, 0.2) is 0 Å². The van der Waals surface area contributed by atoms with Crippen molar-refractivity contribution in [1.82, 2.24) is 5.32 Å². The van der Waals surface area contributed by atoms with Crippen molar-refractivity contribution in [2.75, 3.05) is 6.54 Å². The molecular weight excluding hydrogens is 178 g/mol. The van der Waals surface area contributed by atoms with Gasteiger partial charge in [-0.25, -0.2) is 0 Å². The second-order valence-electron chi connectivity index (χ2n) is 3.53. The molecule has 0 aliphatic heterocycles. The Morgan fingerprint density at radius 1 is 1.54 bits per heavy atom. The Kier molecular flexibility index (Phi) is 5.09. The number of hydrogen-bond donors (Lipinski definition) is 1. The Labute approximate surface area is 85.2 Å². The van der Waals surface area contributed by atoms with E-state index >= 15 is 0 Å². The molecule has 1 N–H and O–H groups in total. The zero-order valence-corrected chi connectivity index (χ0v) is 9.36. The third-order valence-corrected chi connectivity index (χ3v) is 2.94. The second kappa shape index (κ2) is 6.17. The highest BCUT2D eigenvalue weighted by molar-refractivity contribution is 7.07. The predicted molar refractivity (Wildman–Crippen MR) is 60.4 cm³/mol. The van der Waals surface area contributed by atoms with E-state index in [2.05, 4.69) is 36.0 Å². The highest BCUT2D eigenvalue weighted by atomic mass is 32.1. The van der Waals surface area contributed by atoms with E-state index in [1.165, 1.54) is 18.4 Å². The number of hydrogen-bond acceptors (Lipinski definition) is 2. The molecule has 1 rings (SSSR count). The molecule has 1 atom stereocenters. The van der Waals surface area contributed by atoms with Gasteiger partial charge in [-0.1, -0.05) is 13.3 Å². The lowest BCUT2D eigenvalue weighted by Gasteiger charge is -2.11. The molecule has 0 amide bonds. The summed E-state index contributed by atoms with van der Waals surface area (Å²) in [5.41, 5.74) is 1.46. The summed E-state index contributed by atoms with van der Waals surface area (Å²) in [6, 6.07) is 2.88. The summed E-state index contributed by atoms with van der Waals surface area (Å²) in [6.45, 7) is 5.60. The first-order valence-electron chi connectivity index (χ1n) is 5.07. The van der Waals surface area contributed by atoms with Gasteiger partial charge in [0.2, 0.25) is 0 Å². The summed E-state index contributed by atoms with van der Waals surface area (Å²) >= 11 is 1.78. The molecule has 1 unspecified atom stereocenters. The van der Waals surface area contributed by atoms with Crippen molar-refractivity contribution >= 4 is 11.3 Å². The van der Waals surface area contributed by atoms with Crippen LogP contribution in [-0.2, 0) is 6.42 Å². The maximum atomic E-state index is 3.53. The molecule has 74 valence electrons. The zero-order chi connectivity index (χ0) is 9.52. The Morgan fingerprint density at radius 2 is 2.38 bits per heavy atom. The molecule has 0 aliphatic rings. The fraction of sp³-hybridized carbons (Fsp3) is 0.636. The highest BCUT2D eigenvalue weighted by Gasteiger charge is 1.98. The summed E-state index contributed by atoms with van der Waals surface area (Å²) < 4.78 is 0. The van der Waals surface area contributed by atoms with Crippen LogP contribution in [0.2, 0.25) is 0 Å². The smallest absolute Gasteiger partial charge is 0.00387 e. The van der Waals surface area contributed by atoms with Crippen molar-refractivity contribution in [3.63, 3.8) is 0 Å². The maximum absolute atomic E-state index is 3.53. The molecule has 0 aliphatic carbocycles. The third-order valence-electron chi connectivity index (χ3n) is 2.21. The Bertz CT molecular complexity index is 206. The SMILES string of the molecule is CCCC(C)NCCc1ccsc1. The van der Waals surface area contributed by atoms with E-state index in [-0.39, 0.29) is 0 Å². The third kappa shape index (κ3) is 4.44. The van der Waals surface area contributed by atoms with Crippen LogP contribution in [0.5, 0.6) is 0 Å². The number of thiophene rings is 1. The van der Waals surface area contributed by atoms with E-state index < -0.39 is 0 Å². The Morgan fingerprint density at radius 3 is 3.00 bits per heavy atom. The van der Waals surface area contributed by atoms with E-state index in [0.717, 1.165) is 13.0 Å². The van der Waals surface area contributed by atoms with Crippen LogP contribution >= 0.6 is 11.3 Å². The lowest BCUT2D eigenvalue weighted by molar-refractivity contribution is 0.512. The molecule has 1 aromatic rings. The molecule has 0 saturated carbocycles. The summed E-state index contributed by atoms with van der Waals surface area (Å²) in [5, 5.41) is 7.90. The van der Waals surface area contributed by atoms with E-state index in [4.69, 9.17) is 0 Å². The fourth-order valence-corrected chi connectivity index (χ4v) is 2.14. The average Bonchev–Trinajstić information content (AvgIpc) is 2.57. The van der Waals surface area contributed by atoms with Crippen LogP contribution in [0, 0.1) is 0 Å². The van der Waals surface area contributed by atoms with Gasteiger partial charge in [0, 0.05) is 6.04 Å². The molecule has 0 radical (unpaired) electrons. The van der Waals surface area contributed by atoms with Crippen molar-refractivity contribution in [2.45, 2.75) is 39.2 Å². The lowest BCUT2D eigenvalue weighted by atomic mass is 10.2. The van der Waals surface area contributed by atoms with E-state index in [1.54, 1.807) is 11.3 Å². The lowest BCUT2D eigenvalue weighted by Crippen LogP contribution is -2.27. The van der Waals surface area contributed by atoms with Crippen LogP contribution in [0.1, 0.15) is 32.3 Å². The van der Waals surface area contributed by atoms with Gasteiger partial charge in [-0.05, 0) is 48.7 Å². The molecule has 0 bridgehead atoms. The van der Waals surface area contributed by atoms with Gasteiger partial charge >= 0.3 is 0 Å². The average molecular weight is 197 g/mol. The topological polar surface area (TPSA) is 12.0 Å². The van der Waals surface area contributed by atoms with Crippen LogP contribution in [0.15, 0.2) is 16.8 Å². The van der Waals surface area contributed by atoms with Gasteiger partial charge in [0.25, 0.3) is 0 Å². The molecular formula is C11H19NS. The van der Waals surface area contributed by atoms with Crippen molar-refractivity contribution in [3.05, 3.63) is 22.4 Å². The van der Waals surface area contributed by atoms with Crippen molar-refractivity contribution in [3.8, 4) is 0 Å². The first-order chi connectivity index (χ1) is 6.33. The van der Waals surface area contributed by atoms with Gasteiger partial charge in [-0.2, -0.15) is 11.3 Å². The predicted octanol–water partition coefficient (Wildman–Crippen LogP) is 3.07. The summed E-state index contributed by atoms with van der Waals surface area (Å²) in [4.78, 5) is 0. The van der Waals surface area contributed by atoms with Gasteiger partial charge in [0.05, 0.1) is 0 Å². The van der Waals surface area contributed by atoms with Crippen molar-refractivity contribution in [2.24, 2.45) is 0 Å². The van der Waals surface area contributed by atoms with Gasteiger partial charge < -0.3 is 5.32 Å². The minimum Gasteiger partial charge on any atom is -0.314 e. The Balaban J connectivity index is 2.07. The summed E-state index contributed by atoms with van der Waals surface area (Å²) in [5.74, 6) is 0. The molecule has 1 aromatic heterocycles. The quantitative estimate of drug-likeness (QED) is 0.739. The molecule has 13 heavy (non-hydrogen) atoms. The maximum Gasteiger partial charge on any atom is 0.00387 e. The molecule has 0 saturated heterocycles. The number of rotatable bonds is 6.